The average molecular weight is 291 g/mol. The van der Waals surface area contributed by atoms with Crippen molar-refractivity contribution in [3.63, 3.8) is 0 Å². The maximum Gasteiger partial charge on any atom is 0.236 e. The Morgan fingerprint density at radius 3 is 2.88 bits per heavy atom. The molecule has 0 N–H and O–H groups in total. The highest BCUT2D eigenvalue weighted by atomic mass is 79.9. The molecule has 0 aromatic rings. The van der Waals surface area contributed by atoms with Gasteiger partial charge in [-0.2, -0.15) is 0 Å². The molecule has 1 saturated heterocycles. The number of amides is 1. The monoisotopic (exact) mass is 290 g/mol. The molecule has 0 aliphatic carbocycles. The van der Waals surface area contributed by atoms with E-state index in [0.29, 0.717) is 6.04 Å². The zero-order valence-electron chi connectivity index (χ0n) is 10.6. The zero-order chi connectivity index (χ0) is 12.1. The summed E-state index contributed by atoms with van der Waals surface area (Å²) in [5.74, 6) is 0.276. The van der Waals surface area contributed by atoms with Crippen molar-refractivity contribution in [3.05, 3.63) is 0 Å². The van der Waals surface area contributed by atoms with Crippen molar-refractivity contribution < 1.29 is 4.79 Å². The second-order valence-electron chi connectivity index (χ2n) is 4.86. The first-order valence-electron chi connectivity index (χ1n) is 6.15. The third-order valence-corrected chi connectivity index (χ3v) is 4.14. The van der Waals surface area contributed by atoms with Crippen LogP contribution in [0.5, 0.6) is 0 Å². The van der Waals surface area contributed by atoms with Gasteiger partial charge in [0.2, 0.25) is 5.91 Å². The maximum absolute atomic E-state index is 11.8. The Hall–Kier alpha value is -0.0900. The van der Waals surface area contributed by atoms with Crippen LogP contribution < -0.4 is 0 Å². The number of carbonyl (C=O) groups excluding carboxylic acids is 1. The number of piperidine rings is 1. The van der Waals surface area contributed by atoms with E-state index in [1.165, 1.54) is 0 Å². The van der Waals surface area contributed by atoms with Crippen LogP contribution in [0.15, 0.2) is 0 Å². The van der Waals surface area contributed by atoms with Crippen LogP contribution in [0.1, 0.15) is 33.1 Å². The molecule has 0 spiro atoms. The van der Waals surface area contributed by atoms with E-state index in [4.69, 9.17) is 0 Å². The van der Waals surface area contributed by atoms with Crippen LogP contribution >= 0.6 is 15.9 Å². The lowest BCUT2D eigenvalue weighted by molar-refractivity contribution is -0.132. The number of halogens is 1. The fraction of sp³-hybridized carbons (Fsp3) is 0.917. The first kappa shape index (κ1) is 14.0. The minimum absolute atomic E-state index is 0.0593. The van der Waals surface area contributed by atoms with Gasteiger partial charge in [0.15, 0.2) is 0 Å². The summed E-state index contributed by atoms with van der Waals surface area (Å²) in [6.45, 7) is 7.29. The van der Waals surface area contributed by atoms with Crippen molar-refractivity contribution in [2.75, 3.05) is 26.7 Å². The highest BCUT2D eigenvalue weighted by molar-refractivity contribution is 9.10. The smallest absolute Gasteiger partial charge is 0.236 e. The Kier molecular flexibility index (Phi) is 5.76. The number of hydrogen-bond donors (Lipinski definition) is 0. The highest BCUT2D eigenvalue weighted by Crippen LogP contribution is 2.18. The Morgan fingerprint density at radius 2 is 2.25 bits per heavy atom. The van der Waals surface area contributed by atoms with Gasteiger partial charge in [0.25, 0.3) is 0 Å². The van der Waals surface area contributed by atoms with E-state index in [9.17, 15) is 4.79 Å². The van der Waals surface area contributed by atoms with Gasteiger partial charge >= 0.3 is 0 Å². The lowest BCUT2D eigenvalue weighted by atomic mass is 10.1. The minimum Gasteiger partial charge on any atom is -0.342 e. The molecule has 1 atom stereocenters. The Balaban J connectivity index is 2.24. The molecule has 1 fully saturated rings. The summed E-state index contributed by atoms with van der Waals surface area (Å²) in [4.78, 5) is 16.2. The van der Waals surface area contributed by atoms with Crippen molar-refractivity contribution in [2.24, 2.45) is 0 Å². The molecule has 1 aliphatic rings. The van der Waals surface area contributed by atoms with Gasteiger partial charge in [-0.15, -0.1) is 0 Å². The molecule has 94 valence electrons. The fourth-order valence-corrected chi connectivity index (χ4v) is 2.50. The lowest BCUT2D eigenvalue weighted by Gasteiger charge is -2.30. The van der Waals surface area contributed by atoms with Crippen LogP contribution in [0.2, 0.25) is 0 Å². The molecule has 1 unspecified atom stereocenters. The molecule has 3 nitrogen and oxygen atoms in total. The molecular weight excluding hydrogens is 268 g/mol. The lowest BCUT2D eigenvalue weighted by Crippen LogP contribution is -2.43. The van der Waals surface area contributed by atoms with Crippen molar-refractivity contribution in [1.82, 2.24) is 9.80 Å². The molecule has 0 bridgehead atoms. The van der Waals surface area contributed by atoms with Crippen LogP contribution in [-0.2, 0) is 4.79 Å². The van der Waals surface area contributed by atoms with Crippen molar-refractivity contribution in [2.45, 2.75) is 44.0 Å². The highest BCUT2D eigenvalue weighted by Gasteiger charge is 2.25. The molecule has 0 saturated carbocycles. The van der Waals surface area contributed by atoms with E-state index in [-0.39, 0.29) is 10.7 Å². The number of alkyl halides is 1. The number of likely N-dealkylation sites (tertiary alicyclic amines) is 1. The standard InChI is InChI=1S/C12H23BrN2O/c1-10(2)14(3)7-5-9-15-8-4-6-11(13)12(15)16/h10-11H,4-9H2,1-3H3. The van der Waals surface area contributed by atoms with Gasteiger partial charge in [-0.1, -0.05) is 15.9 Å². The molecule has 1 amide bonds. The maximum atomic E-state index is 11.8. The normalized spacial score (nSPS) is 22.2. The molecule has 0 radical (unpaired) electrons. The Morgan fingerprint density at radius 1 is 1.56 bits per heavy atom. The molecule has 1 rings (SSSR count). The third-order valence-electron chi connectivity index (χ3n) is 3.29. The van der Waals surface area contributed by atoms with Gasteiger partial charge in [0.05, 0.1) is 4.83 Å². The van der Waals surface area contributed by atoms with Gasteiger partial charge in [0.1, 0.15) is 0 Å². The second kappa shape index (κ2) is 6.60. The van der Waals surface area contributed by atoms with Crippen LogP contribution in [0.4, 0.5) is 0 Å². The van der Waals surface area contributed by atoms with Crippen LogP contribution in [0, 0.1) is 0 Å². The van der Waals surface area contributed by atoms with Crippen molar-refractivity contribution >= 4 is 21.8 Å². The number of nitrogens with zero attached hydrogens (tertiary/aromatic N) is 2. The van der Waals surface area contributed by atoms with Crippen molar-refractivity contribution in [1.29, 1.82) is 0 Å². The first-order valence-corrected chi connectivity index (χ1v) is 7.07. The summed E-state index contributed by atoms with van der Waals surface area (Å²) in [7, 11) is 2.13. The summed E-state index contributed by atoms with van der Waals surface area (Å²) < 4.78 is 0. The quantitative estimate of drug-likeness (QED) is 0.724. The van der Waals surface area contributed by atoms with Crippen LogP contribution in [0.3, 0.4) is 0 Å². The molecular formula is C12H23BrN2O. The molecule has 0 aromatic heterocycles. The van der Waals surface area contributed by atoms with Gasteiger partial charge in [-0.05, 0) is 46.7 Å². The van der Waals surface area contributed by atoms with Gasteiger partial charge in [-0.3, -0.25) is 4.79 Å². The number of hydrogen-bond acceptors (Lipinski definition) is 2. The molecule has 1 aliphatic heterocycles. The Labute approximate surface area is 107 Å². The summed E-state index contributed by atoms with van der Waals surface area (Å²) in [6, 6.07) is 0.584. The van der Waals surface area contributed by atoms with Crippen LogP contribution in [-0.4, -0.2) is 53.3 Å². The number of rotatable bonds is 5. The average Bonchev–Trinajstić information content (AvgIpc) is 2.24. The zero-order valence-corrected chi connectivity index (χ0v) is 12.2. The summed E-state index contributed by atoms with van der Waals surface area (Å²) in [5.41, 5.74) is 0. The minimum atomic E-state index is 0.0593. The summed E-state index contributed by atoms with van der Waals surface area (Å²) in [5, 5.41) is 0. The van der Waals surface area contributed by atoms with Crippen molar-refractivity contribution in [3.8, 4) is 0 Å². The second-order valence-corrected chi connectivity index (χ2v) is 5.97. The summed E-state index contributed by atoms with van der Waals surface area (Å²) in [6.07, 6.45) is 3.18. The predicted octanol–water partition coefficient (Wildman–Crippen LogP) is 2.10. The van der Waals surface area contributed by atoms with E-state index in [1.807, 2.05) is 4.90 Å². The molecule has 16 heavy (non-hydrogen) atoms. The van der Waals surface area contributed by atoms with E-state index in [0.717, 1.165) is 38.9 Å². The van der Waals surface area contributed by atoms with E-state index in [1.54, 1.807) is 0 Å². The third kappa shape index (κ3) is 4.06. The largest absolute Gasteiger partial charge is 0.342 e. The van der Waals surface area contributed by atoms with E-state index < -0.39 is 0 Å². The topological polar surface area (TPSA) is 23.6 Å². The van der Waals surface area contributed by atoms with E-state index >= 15 is 0 Å². The predicted molar refractivity (Wildman–Crippen MR) is 70.9 cm³/mol. The molecule has 1 heterocycles. The van der Waals surface area contributed by atoms with Crippen LogP contribution in [0.25, 0.3) is 0 Å². The van der Waals surface area contributed by atoms with E-state index in [2.05, 4.69) is 41.7 Å². The van der Waals surface area contributed by atoms with Gasteiger partial charge < -0.3 is 9.80 Å². The summed E-state index contributed by atoms with van der Waals surface area (Å²) >= 11 is 3.44. The SMILES string of the molecule is CC(C)N(C)CCCN1CCCC(Br)C1=O. The fourth-order valence-electron chi connectivity index (χ4n) is 1.88. The Bertz CT molecular complexity index is 233. The molecule has 4 heteroatoms. The number of carbonyl (C=O) groups is 1. The molecule has 0 aromatic carbocycles. The van der Waals surface area contributed by atoms with Gasteiger partial charge in [0, 0.05) is 19.1 Å². The van der Waals surface area contributed by atoms with Gasteiger partial charge in [-0.25, -0.2) is 0 Å². The first-order chi connectivity index (χ1) is 7.52.